The molecule has 3 rings (SSSR count). The van der Waals surface area contributed by atoms with Gasteiger partial charge in [-0.25, -0.2) is 9.07 Å². The number of carbonyl (C=O) groups is 1. The first kappa shape index (κ1) is 17.1. The molecule has 25 heavy (non-hydrogen) atoms. The molecule has 1 aliphatic rings. The van der Waals surface area contributed by atoms with E-state index >= 15 is 0 Å². The average molecular weight is 345 g/mol. The molecule has 1 saturated heterocycles. The minimum absolute atomic E-state index is 0.0657. The van der Waals surface area contributed by atoms with Gasteiger partial charge in [0.1, 0.15) is 0 Å². The van der Waals surface area contributed by atoms with Crippen molar-refractivity contribution < 1.29 is 13.9 Å². The molecule has 1 unspecified atom stereocenters. The second-order valence-corrected chi connectivity index (χ2v) is 6.29. The maximum atomic E-state index is 13.6. The van der Waals surface area contributed by atoms with Crippen molar-refractivity contribution >= 4 is 5.91 Å². The molecule has 2 aromatic rings. The van der Waals surface area contributed by atoms with Gasteiger partial charge in [-0.2, -0.15) is 5.10 Å². The normalized spacial score (nSPS) is 15.6. The number of ether oxygens (including phenoxy) is 1. The highest BCUT2D eigenvalue weighted by Crippen LogP contribution is 2.21. The van der Waals surface area contributed by atoms with E-state index in [4.69, 9.17) is 4.74 Å². The van der Waals surface area contributed by atoms with E-state index in [0.29, 0.717) is 19.6 Å². The van der Waals surface area contributed by atoms with Gasteiger partial charge in [-0.3, -0.25) is 9.59 Å². The van der Waals surface area contributed by atoms with Crippen LogP contribution >= 0.6 is 0 Å². The van der Waals surface area contributed by atoms with Crippen molar-refractivity contribution in [2.45, 2.75) is 26.5 Å². The maximum Gasteiger partial charge on any atom is 0.266 e. The number of nitrogens with zero attached hydrogens (tertiary/aromatic N) is 3. The third-order valence-electron chi connectivity index (χ3n) is 4.19. The molecule has 0 spiro atoms. The fourth-order valence-electron chi connectivity index (χ4n) is 2.83. The van der Waals surface area contributed by atoms with Crippen LogP contribution in [0, 0.1) is 18.7 Å². The summed E-state index contributed by atoms with van der Waals surface area (Å²) in [6.07, 6.45) is -0.766. The number of hydrogen-bond acceptors (Lipinski definition) is 4. The molecular weight excluding hydrogens is 325 g/mol. The molecular formula is C18H20FN3O3. The van der Waals surface area contributed by atoms with Gasteiger partial charge in [-0.05, 0) is 32.0 Å². The Balaban J connectivity index is 1.53. The fourth-order valence-corrected chi connectivity index (χ4v) is 2.83. The van der Waals surface area contributed by atoms with Crippen molar-refractivity contribution in [3.63, 3.8) is 0 Å². The minimum atomic E-state index is -0.766. The van der Waals surface area contributed by atoms with E-state index in [1.165, 1.54) is 22.9 Å². The lowest BCUT2D eigenvalue weighted by Gasteiger charge is -2.40. The van der Waals surface area contributed by atoms with Gasteiger partial charge < -0.3 is 9.64 Å². The van der Waals surface area contributed by atoms with E-state index < -0.39 is 11.9 Å². The number of amides is 1. The highest BCUT2D eigenvalue weighted by molar-refractivity contribution is 5.81. The highest BCUT2D eigenvalue weighted by atomic mass is 19.1. The number of likely N-dealkylation sites (tertiary alicyclic amines) is 1. The molecule has 0 bridgehead atoms. The van der Waals surface area contributed by atoms with E-state index in [9.17, 15) is 14.0 Å². The summed E-state index contributed by atoms with van der Waals surface area (Å²) in [7, 11) is 0. The lowest BCUT2D eigenvalue weighted by Crippen LogP contribution is -2.55. The second kappa shape index (κ2) is 7.04. The molecule has 0 saturated carbocycles. The van der Waals surface area contributed by atoms with Crippen molar-refractivity contribution in [3.8, 4) is 5.75 Å². The zero-order chi connectivity index (χ0) is 18.0. The van der Waals surface area contributed by atoms with E-state index in [-0.39, 0.29) is 23.1 Å². The van der Waals surface area contributed by atoms with Crippen LogP contribution in [0.1, 0.15) is 12.6 Å². The first-order valence-electron chi connectivity index (χ1n) is 8.19. The van der Waals surface area contributed by atoms with Crippen LogP contribution in [-0.4, -0.2) is 39.8 Å². The van der Waals surface area contributed by atoms with Gasteiger partial charge in [-0.15, -0.1) is 0 Å². The maximum absolute atomic E-state index is 13.6. The number of carbonyl (C=O) groups excluding carboxylic acids is 1. The topological polar surface area (TPSA) is 64.4 Å². The summed E-state index contributed by atoms with van der Waals surface area (Å²) in [6, 6.07) is 9.18. The van der Waals surface area contributed by atoms with Crippen molar-refractivity contribution in [1.82, 2.24) is 14.7 Å². The summed E-state index contributed by atoms with van der Waals surface area (Å²) >= 11 is 0. The minimum Gasteiger partial charge on any atom is -0.478 e. The molecule has 2 heterocycles. The first-order chi connectivity index (χ1) is 11.9. The monoisotopic (exact) mass is 345 g/mol. The average Bonchev–Trinajstić information content (AvgIpc) is 2.55. The van der Waals surface area contributed by atoms with Gasteiger partial charge in [-0.1, -0.05) is 12.1 Å². The number of para-hydroxylation sites is 1. The number of benzene rings is 1. The Morgan fingerprint density at radius 2 is 2.04 bits per heavy atom. The van der Waals surface area contributed by atoms with Gasteiger partial charge in [0, 0.05) is 25.1 Å². The Morgan fingerprint density at radius 1 is 1.32 bits per heavy atom. The Kier molecular flexibility index (Phi) is 4.83. The van der Waals surface area contributed by atoms with Crippen LogP contribution in [0.3, 0.4) is 0 Å². The van der Waals surface area contributed by atoms with Crippen molar-refractivity contribution in [3.05, 3.63) is 58.3 Å². The smallest absolute Gasteiger partial charge is 0.266 e. The molecule has 0 aliphatic carbocycles. The molecule has 1 aromatic heterocycles. The molecule has 6 nitrogen and oxygen atoms in total. The van der Waals surface area contributed by atoms with E-state index in [1.807, 2.05) is 6.92 Å². The number of hydrogen-bond donors (Lipinski definition) is 0. The molecule has 7 heteroatoms. The summed E-state index contributed by atoms with van der Waals surface area (Å²) in [6.45, 7) is 4.98. The zero-order valence-electron chi connectivity index (χ0n) is 14.2. The van der Waals surface area contributed by atoms with Crippen molar-refractivity contribution in [2.75, 3.05) is 13.1 Å². The van der Waals surface area contributed by atoms with E-state index in [0.717, 1.165) is 5.69 Å². The Labute approximate surface area is 144 Å². The molecule has 132 valence electrons. The molecule has 1 fully saturated rings. The third-order valence-corrected chi connectivity index (χ3v) is 4.19. The van der Waals surface area contributed by atoms with Crippen LogP contribution < -0.4 is 10.3 Å². The van der Waals surface area contributed by atoms with E-state index in [2.05, 4.69) is 5.10 Å². The fraction of sp³-hybridized carbons (Fsp3) is 0.389. The number of halogens is 1. The summed E-state index contributed by atoms with van der Waals surface area (Å²) in [5.74, 6) is -0.440. The molecule has 0 radical (unpaired) electrons. The Bertz CT molecular complexity index is 830. The third kappa shape index (κ3) is 3.87. The number of aryl methyl sites for hydroxylation is 1. The number of aromatic nitrogens is 2. The van der Waals surface area contributed by atoms with Gasteiger partial charge >= 0.3 is 0 Å². The largest absolute Gasteiger partial charge is 0.478 e. The summed E-state index contributed by atoms with van der Waals surface area (Å²) in [5, 5.41) is 4.20. The van der Waals surface area contributed by atoms with Crippen LogP contribution in [0.15, 0.2) is 41.2 Å². The van der Waals surface area contributed by atoms with Crippen molar-refractivity contribution in [1.29, 1.82) is 0 Å². The van der Waals surface area contributed by atoms with Gasteiger partial charge in [0.25, 0.3) is 11.5 Å². The predicted octanol–water partition coefficient (Wildman–Crippen LogP) is 1.62. The van der Waals surface area contributed by atoms with Gasteiger partial charge in [0.2, 0.25) is 0 Å². The second-order valence-electron chi connectivity index (χ2n) is 6.29. The molecule has 1 atom stereocenters. The summed E-state index contributed by atoms with van der Waals surface area (Å²) in [5.41, 5.74) is 0.630. The Hall–Kier alpha value is -2.70. The SMILES string of the molecule is Cc1ccc(=O)n(CC2CN(C(=O)C(C)Oc3ccccc3F)C2)n1. The molecule has 0 N–H and O–H groups in total. The standard InChI is InChI=1S/C18H20FN3O3/c1-12-7-8-17(23)22(20-12)11-14-9-21(10-14)18(24)13(2)25-16-6-4-3-5-15(16)19/h3-8,13-14H,9-11H2,1-2H3. The lowest BCUT2D eigenvalue weighted by molar-refractivity contribution is -0.144. The first-order valence-corrected chi connectivity index (χ1v) is 8.19. The zero-order valence-corrected chi connectivity index (χ0v) is 14.2. The van der Waals surface area contributed by atoms with Crippen LogP contribution in [0.4, 0.5) is 4.39 Å². The van der Waals surface area contributed by atoms with Gasteiger partial charge in [0.15, 0.2) is 17.7 Å². The highest BCUT2D eigenvalue weighted by Gasteiger charge is 2.34. The number of rotatable bonds is 5. The molecule has 1 amide bonds. The molecule has 1 aliphatic heterocycles. The van der Waals surface area contributed by atoms with Crippen LogP contribution in [0.2, 0.25) is 0 Å². The van der Waals surface area contributed by atoms with Crippen LogP contribution in [0.5, 0.6) is 5.75 Å². The quantitative estimate of drug-likeness (QED) is 0.826. The lowest BCUT2D eigenvalue weighted by atomic mass is 9.99. The summed E-state index contributed by atoms with van der Waals surface area (Å²) < 4.78 is 20.4. The van der Waals surface area contributed by atoms with E-state index in [1.54, 1.807) is 30.0 Å². The molecule has 1 aromatic carbocycles. The summed E-state index contributed by atoms with van der Waals surface area (Å²) in [4.78, 5) is 25.8. The predicted molar refractivity (Wildman–Crippen MR) is 89.8 cm³/mol. The van der Waals surface area contributed by atoms with Gasteiger partial charge in [0.05, 0.1) is 12.2 Å². The van der Waals surface area contributed by atoms with Crippen molar-refractivity contribution in [2.24, 2.45) is 5.92 Å². The van der Waals surface area contributed by atoms with Crippen LogP contribution in [-0.2, 0) is 11.3 Å². The van der Waals surface area contributed by atoms with Crippen LogP contribution in [0.25, 0.3) is 0 Å². The Morgan fingerprint density at radius 3 is 2.76 bits per heavy atom.